The molecule has 3 rings (SSSR count). The SMILES string of the molecule is CCc1ccccc1C(OCCc1ccc(OC)c(OC)c1)(c1ccccc1CC)C(O)C(=O)OC. The Bertz CT molecular complexity index is 1110. The van der Waals surface area contributed by atoms with E-state index in [2.05, 4.69) is 0 Å². The molecule has 0 aliphatic heterocycles. The Kier molecular flexibility index (Phi) is 9.51. The van der Waals surface area contributed by atoms with Gasteiger partial charge in [0.25, 0.3) is 0 Å². The van der Waals surface area contributed by atoms with Crippen molar-refractivity contribution in [1.82, 2.24) is 0 Å². The molecule has 0 fully saturated rings. The van der Waals surface area contributed by atoms with Gasteiger partial charge in [0, 0.05) is 0 Å². The molecule has 36 heavy (non-hydrogen) atoms. The highest BCUT2D eigenvalue weighted by atomic mass is 16.6. The molecule has 0 saturated heterocycles. The number of aliphatic hydroxyl groups is 1. The highest BCUT2D eigenvalue weighted by molar-refractivity contribution is 5.78. The molecule has 0 amide bonds. The molecule has 0 aliphatic carbocycles. The summed E-state index contributed by atoms with van der Waals surface area (Å²) >= 11 is 0. The van der Waals surface area contributed by atoms with Gasteiger partial charge in [-0.1, -0.05) is 68.4 Å². The van der Waals surface area contributed by atoms with Gasteiger partial charge in [-0.15, -0.1) is 0 Å². The number of rotatable bonds is 12. The average molecular weight is 493 g/mol. The van der Waals surface area contributed by atoms with Gasteiger partial charge in [-0.3, -0.25) is 0 Å². The smallest absolute Gasteiger partial charge is 0.338 e. The first kappa shape index (κ1) is 27.2. The lowest BCUT2D eigenvalue weighted by Gasteiger charge is -2.40. The third-order valence-electron chi connectivity index (χ3n) is 6.57. The molecular formula is C30H36O6. The van der Waals surface area contributed by atoms with Crippen LogP contribution in [0.15, 0.2) is 66.7 Å². The maximum absolute atomic E-state index is 12.9. The monoisotopic (exact) mass is 492 g/mol. The summed E-state index contributed by atoms with van der Waals surface area (Å²) in [6.45, 7) is 4.33. The number of aliphatic hydroxyl groups excluding tert-OH is 1. The number of ether oxygens (including phenoxy) is 4. The predicted molar refractivity (Wildman–Crippen MR) is 140 cm³/mol. The molecule has 3 aromatic carbocycles. The zero-order valence-corrected chi connectivity index (χ0v) is 21.7. The number of carbonyl (C=O) groups excluding carboxylic acids is 1. The van der Waals surface area contributed by atoms with Gasteiger partial charge in [-0.25, -0.2) is 4.79 Å². The summed E-state index contributed by atoms with van der Waals surface area (Å²) in [6.07, 6.45) is 0.366. The standard InChI is InChI=1S/C30H36O6/c1-6-22-12-8-10-14-24(22)30(28(31)29(32)35-5,25-15-11-9-13-23(25)7-2)36-19-18-21-16-17-26(33-3)27(20-21)34-4/h8-17,20,28,31H,6-7,18-19H2,1-5H3. The molecule has 0 saturated carbocycles. The molecule has 1 atom stereocenters. The summed E-state index contributed by atoms with van der Waals surface area (Å²) in [6, 6.07) is 21.3. The van der Waals surface area contributed by atoms with E-state index in [0.717, 1.165) is 27.8 Å². The first-order valence-electron chi connectivity index (χ1n) is 12.2. The van der Waals surface area contributed by atoms with E-state index in [1.807, 2.05) is 80.6 Å². The lowest BCUT2D eigenvalue weighted by Crippen LogP contribution is -2.49. The predicted octanol–water partition coefficient (Wildman–Crippen LogP) is 4.87. The van der Waals surface area contributed by atoms with Crippen LogP contribution in [0.3, 0.4) is 0 Å². The second kappa shape index (κ2) is 12.6. The topological polar surface area (TPSA) is 74.2 Å². The van der Waals surface area contributed by atoms with E-state index in [-0.39, 0.29) is 6.61 Å². The van der Waals surface area contributed by atoms with Crippen LogP contribution < -0.4 is 9.47 Å². The quantitative estimate of drug-likeness (QED) is 0.364. The second-order valence-corrected chi connectivity index (χ2v) is 8.47. The lowest BCUT2D eigenvalue weighted by molar-refractivity contribution is -0.170. The minimum Gasteiger partial charge on any atom is -0.493 e. The number of aryl methyl sites for hydroxylation is 2. The van der Waals surface area contributed by atoms with Crippen LogP contribution in [0.4, 0.5) is 0 Å². The van der Waals surface area contributed by atoms with Crippen molar-refractivity contribution in [1.29, 1.82) is 0 Å². The van der Waals surface area contributed by atoms with Gasteiger partial charge in [0.05, 0.1) is 27.9 Å². The number of methoxy groups -OCH3 is 3. The van der Waals surface area contributed by atoms with Crippen molar-refractivity contribution in [2.45, 2.75) is 44.8 Å². The zero-order chi connectivity index (χ0) is 26.1. The highest BCUT2D eigenvalue weighted by Gasteiger charge is 2.49. The Morgan fingerprint density at radius 1 is 0.833 bits per heavy atom. The van der Waals surface area contributed by atoms with Crippen molar-refractivity contribution in [2.24, 2.45) is 0 Å². The van der Waals surface area contributed by atoms with Gasteiger partial charge in [0.15, 0.2) is 23.2 Å². The molecule has 0 aromatic heterocycles. The molecule has 6 nitrogen and oxygen atoms in total. The third-order valence-corrected chi connectivity index (χ3v) is 6.57. The molecule has 0 heterocycles. The molecule has 192 valence electrons. The zero-order valence-electron chi connectivity index (χ0n) is 21.7. The summed E-state index contributed by atoms with van der Waals surface area (Å²) in [7, 11) is 4.47. The summed E-state index contributed by atoms with van der Waals surface area (Å²) in [5.41, 5.74) is 2.98. The third kappa shape index (κ3) is 5.40. The van der Waals surface area contributed by atoms with E-state index in [4.69, 9.17) is 18.9 Å². The fraction of sp³-hybridized carbons (Fsp3) is 0.367. The van der Waals surface area contributed by atoms with E-state index in [1.165, 1.54) is 7.11 Å². The van der Waals surface area contributed by atoms with Crippen LogP contribution >= 0.6 is 0 Å². The Morgan fingerprint density at radius 3 is 1.89 bits per heavy atom. The van der Waals surface area contributed by atoms with Crippen molar-refractivity contribution >= 4 is 5.97 Å². The Morgan fingerprint density at radius 2 is 1.39 bits per heavy atom. The van der Waals surface area contributed by atoms with Crippen molar-refractivity contribution in [3.8, 4) is 11.5 Å². The molecule has 0 bridgehead atoms. The van der Waals surface area contributed by atoms with Gasteiger partial charge < -0.3 is 24.1 Å². The second-order valence-electron chi connectivity index (χ2n) is 8.47. The Labute approximate surface area is 213 Å². The van der Waals surface area contributed by atoms with Crippen LogP contribution in [0.1, 0.15) is 41.7 Å². The highest BCUT2D eigenvalue weighted by Crippen LogP contribution is 2.42. The van der Waals surface area contributed by atoms with Gasteiger partial charge >= 0.3 is 5.97 Å². The Hall–Kier alpha value is -3.35. The largest absolute Gasteiger partial charge is 0.493 e. The summed E-state index contributed by atoms with van der Waals surface area (Å²) < 4.78 is 22.5. The summed E-state index contributed by atoms with van der Waals surface area (Å²) in [4.78, 5) is 12.9. The molecule has 0 aliphatic rings. The normalized spacial score (nSPS) is 12.2. The molecule has 6 heteroatoms. The number of esters is 1. The van der Waals surface area contributed by atoms with Crippen LogP contribution in [0, 0.1) is 0 Å². The number of hydrogen-bond acceptors (Lipinski definition) is 6. The first-order chi connectivity index (χ1) is 17.5. The van der Waals surface area contributed by atoms with Crippen molar-refractivity contribution in [3.63, 3.8) is 0 Å². The Balaban J connectivity index is 2.14. The first-order valence-corrected chi connectivity index (χ1v) is 12.2. The van der Waals surface area contributed by atoms with Crippen molar-refractivity contribution in [2.75, 3.05) is 27.9 Å². The minimum absolute atomic E-state index is 0.236. The van der Waals surface area contributed by atoms with Gasteiger partial charge in [0.1, 0.15) is 0 Å². The lowest BCUT2D eigenvalue weighted by atomic mass is 9.76. The molecule has 1 N–H and O–H groups in total. The van der Waals surface area contributed by atoms with Gasteiger partial charge in [-0.05, 0) is 59.2 Å². The number of hydrogen-bond donors (Lipinski definition) is 1. The van der Waals surface area contributed by atoms with E-state index >= 15 is 0 Å². The molecule has 1 unspecified atom stereocenters. The van der Waals surface area contributed by atoms with Crippen LogP contribution in [-0.4, -0.2) is 45.1 Å². The van der Waals surface area contributed by atoms with Gasteiger partial charge in [-0.2, -0.15) is 0 Å². The fourth-order valence-electron chi connectivity index (χ4n) is 4.70. The maximum atomic E-state index is 12.9. The number of carbonyl (C=O) groups is 1. The fourth-order valence-corrected chi connectivity index (χ4v) is 4.70. The molecule has 3 aromatic rings. The van der Waals surface area contributed by atoms with Crippen LogP contribution in [0.25, 0.3) is 0 Å². The van der Waals surface area contributed by atoms with E-state index in [1.54, 1.807) is 14.2 Å². The minimum atomic E-state index is -1.58. The van der Waals surface area contributed by atoms with E-state index < -0.39 is 17.7 Å². The summed E-state index contributed by atoms with van der Waals surface area (Å²) in [5.74, 6) is 0.521. The van der Waals surface area contributed by atoms with Crippen LogP contribution in [0.5, 0.6) is 11.5 Å². The van der Waals surface area contributed by atoms with E-state index in [9.17, 15) is 9.90 Å². The van der Waals surface area contributed by atoms with Crippen molar-refractivity contribution in [3.05, 3.63) is 94.5 Å². The summed E-state index contributed by atoms with van der Waals surface area (Å²) in [5, 5.41) is 11.6. The molecule has 0 spiro atoms. The maximum Gasteiger partial charge on any atom is 0.338 e. The van der Waals surface area contributed by atoms with Gasteiger partial charge in [0.2, 0.25) is 0 Å². The molecular weight excluding hydrogens is 456 g/mol. The average Bonchev–Trinajstić information content (AvgIpc) is 2.94. The van der Waals surface area contributed by atoms with E-state index in [0.29, 0.717) is 30.8 Å². The molecule has 0 radical (unpaired) electrons. The van der Waals surface area contributed by atoms with Crippen molar-refractivity contribution < 1.29 is 28.8 Å². The van der Waals surface area contributed by atoms with Crippen LogP contribution in [0.2, 0.25) is 0 Å². The number of benzene rings is 3. The van der Waals surface area contributed by atoms with Crippen LogP contribution in [-0.2, 0) is 39.1 Å².